The van der Waals surface area contributed by atoms with Gasteiger partial charge in [0.25, 0.3) is 0 Å². The number of carbonyl (C=O) groups is 1. The zero-order valence-electron chi connectivity index (χ0n) is 19.5. The van der Waals surface area contributed by atoms with Gasteiger partial charge in [-0.15, -0.1) is 0 Å². The van der Waals surface area contributed by atoms with Gasteiger partial charge >= 0.3 is 5.97 Å². The Hall–Kier alpha value is -1.93. The maximum Gasteiger partial charge on any atom is 0.307 e. The molecule has 0 radical (unpaired) electrons. The van der Waals surface area contributed by atoms with Gasteiger partial charge in [0, 0.05) is 15.7 Å². The highest BCUT2D eigenvalue weighted by molar-refractivity contribution is 14.1. The lowest BCUT2D eigenvalue weighted by Gasteiger charge is -2.14. The topological polar surface area (TPSA) is 79.7 Å². The van der Waals surface area contributed by atoms with E-state index in [0.717, 1.165) is 27.7 Å². The summed E-state index contributed by atoms with van der Waals surface area (Å²) >= 11 is 2.23. The molecule has 2 aromatic rings. The SMILES string of the molecule is CCCCCCCCCCOc1ccc(CC(O)c2cccc(I)c2)nc1/C=C/CC(=O)O. The first-order valence-electron chi connectivity index (χ1n) is 11.9. The van der Waals surface area contributed by atoms with Crippen molar-refractivity contribution in [2.75, 3.05) is 6.61 Å². The molecule has 2 rings (SSSR count). The Morgan fingerprint density at radius 3 is 2.52 bits per heavy atom. The van der Waals surface area contributed by atoms with Crippen LogP contribution in [0.15, 0.2) is 42.5 Å². The summed E-state index contributed by atoms with van der Waals surface area (Å²) in [5.41, 5.74) is 2.18. The first kappa shape index (κ1) is 27.3. The van der Waals surface area contributed by atoms with E-state index in [0.29, 0.717) is 24.5 Å². The van der Waals surface area contributed by atoms with Crippen LogP contribution in [0, 0.1) is 3.57 Å². The zero-order chi connectivity index (χ0) is 23.9. The van der Waals surface area contributed by atoms with E-state index >= 15 is 0 Å². The number of pyridine rings is 1. The second-order valence-electron chi connectivity index (χ2n) is 8.28. The van der Waals surface area contributed by atoms with E-state index in [1.54, 1.807) is 12.2 Å². The molecule has 0 aliphatic carbocycles. The molecule has 2 N–H and O–H groups in total. The third-order valence-corrected chi connectivity index (χ3v) is 6.07. The van der Waals surface area contributed by atoms with Crippen LogP contribution in [-0.4, -0.2) is 27.8 Å². The van der Waals surface area contributed by atoms with Crippen LogP contribution in [0.25, 0.3) is 6.08 Å². The number of benzene rings is 1. The molecule has 180 valence electrons. The molecule has 0 bridgehead atoms. The fourth-order valence-electron chi connectivity index (χ4n) is 3.58. The highest BCUT2D eigenvalue weighted by Gasteiger charge is 2.12. The largest absolute Gasteiger partial charge is 0.491 e. The van der Waals surface area contributed by atoms with Gasteiger partial charge < -0.3 is 14.9 Å². The van der Waals surface area contributed by atoms with Crippen molar-refractivity contribution in [3.8, 4) is 5.75 Å². The van der Waals surface area contributed by atoms with Crippen molar-refractivity contribution in [1.82, 2.24) is 4.98 Å². The number of nitrogens with zero attached hydrogens (tertiary/aromatic N) is 1. The maximum atomic E-state index is 10.9. The number of carboxylic acids is 1. The maximum absolute atomic E-state index is 10.9. The number of ether oxygens (including phenoxy) is 1. The summed E-state index contributed by atoms with van der Waals surface area (Å²) in [4.78, 5) is 15.5. The smallest absolute Gasteiger partial charge is 0.307 e. The average molecular weight is 565 g/mol. The number of unbranched alkanes of at least 4 members (excludes halogenated alkanes) is 7. The second-order valence-corrected chi connectivity index (χ2v) is 9.53. The monoisotopic (exact) mass is 565 g/mol. The first-order valence-corrected chi connectivity index (χ1v) is 13.0. The zero-order valence-corrected chi connectivity index (χ0v) is 21.7. The predicted octanol–water partition coefficient (Wildman–Crippen LogP) is 6.97. The lowest BCUT2D eigenvalue weighted by Crippen LogP contribution is -2.06. The van der Waals surface area contributed by atoms with Crippen molar-refractivity contribution in [2.24, 2.45) is 0 Å². The van der Waals surface area contributed by atoms with Gasteiger partial charge in [-0.25, -0.2) is 4.98 Å². The molecule has 0 aliphatic rings. The molecule has 0 amide bonds. The van der Waals surface area contributed by atoms with Crippen LogP contribution in [0.4, 0.5) is 0 Å². The first-order chi connectivity index (χ1) is 16.0. The lowest BCUT2D eigenvalue weighted by molar-refractivity contribution is -0.135. The summed E-state index contributed by atoms with van der Waals surface area (Å²) in [5, 5.41) is 19.6. The molecular formula is C27H36INO4. The summed E-state index contributed by atoms with van der Waals surface area (Å²) in [6.45, 7) is 2.84. The number of rotatable bonds is 16. The standard InChI is InChI=1S/C27H36INO4/c1-2-3-4-5-6-7-8-9-18-33-26-17-16-23(29-24(26)14-11-15-27(31)32)20-25(30)21-12-10-13-22(28)19-21/h10-14,16-17,19,25,30H,2-9,15,18,20H2,1H3,(H,31,32)/b14-11+. The van der Waals surface area contributed by atoms with Crippen molar-refractivity contribution >= 4 is 34.6 Å². The van der Waals surface area contributed by atoms with E-state index in [-0.39, 0.29) is 6.42 Å². The molecule has 0 fully saturated rings. The minimum Gasteiger partial charge on any atom is -0.491 e. The predicted molar refractivity (Wildman–Crippen MR) is 141 cm³/mol. The van der Waals surface area contributed by atoms with E-state index < -0.39 is 12.1 Å². The number of halogens is 1. The molecular weight excluding hydrogens is 529 g/mol. The molecule has 1 heterocycles. The molecule has 5 nitrogen and oxygen atoms in total. The minimum absolute atomic E-state index is 0.0749. The van der Waals surface area contributed by atoms with Gasteiger partial charge in [-0.05, 0) is 64.9 Å². The number of aliphatic carboxylic acids is 1. The molecule has 33 heavy (non-hydrogen) atoms. The van der Waals surface area contributed by atoms with Gasteiger partial charge in [-0.2, -0.15) is 0 Å². The third-order valence-electron chi connectivity index (χ3n) is 5.40. The Bertz CT molecular complexity index is 884. The molecule has 0 saturated heterocycles. The van der Waals surface area contributed by atoms with Crippen molar-refractivity contribution in [3.63, 3.8) is 0 Å². The van der Waals surface area contributed by atoms with Crippen LogP contribution in [0.2, 0.25) is 0 Å². The molecule has 0 aliphatic heterocycles. The van der Waals surface area contributed by atoms with Crippen LogP contribution in [0.1, 0.15) is 87.8 Å². The van der Waals surface area contributed by atoms with Crippen LogP contribution in [0.5, 0.6) is 5.75 Å². The molecule has 0 spiro atoms. The Kier molecular flexibility index (Phi) is 13.1. The fourth-order valence-corrected chi connectivity index (χ4v) is 4.15. The highest BCUT2D eigenvalue weighted by atomic mass is 127. The summed E-state index contributed by atoms with van der Waals surface area (Å²) < 4.78 is 7.04. The summed E-state index contributed by atoms with van der Waals surface area (Å²) in [5.74, 6) is -0.245. The van der Waals surface area contributed by atoms with Crippen molar-refractivity contribution in [2.45, 2.75) is 77.2 Å². The second kappa shape index (κ2) is 15.8. The molecule has 1 atom stereocenters. The highest BCUT2D eigenvalue weighted by Crippen LogP contribution is 2.24. The van der Waals surface area contributed by atoms with E-state index in [1.165, 1.54) is 38.5 Å². The number of aromatic nitrogens is 1. The molecule has 0 saturated carbocycles. The quantitative estimate of drug-likeness (QED) is 0.170. The third kappa shape index (κ3) is 11.2. The van der Waals surface area contributed by atoms with E-state index in [9.17, 15) is 9.90 Å². The van der Waals surface area contributed by atoms with E-state index in [4.69, 9.17) is 9.84 Å². The summed E-state index contributed by atoms with van der Waals surface area (Å²) in [7, 11) is 0. The van der Waals surface area contributed by atoms with Gasteiger partial charge in [0.1, 0.15) is 11.4 Å². The van der Waals surface area contributed by atoms with Crippen molar-refractivity contribution in [1.29, 1.82) is 0 Å². The lowest BCUT2D eigenvalue weighted by atomic mass is 10.0. The van der Waals surface area contributed by atoms with Gasteiger partial charge in [0.05, 0.1) is 19.1 Å². The summed E-state index contributed by atoms with van der Waals surface area (Å²) in [6.07, 6.45) is 12.8. The van der Waals surface area contributed by atoms with Crippen LogP contribution >= 0.6 is 22.6 Å². The number of carboxylic acid groups (broad SMARTS) is 1. The van der Waals surface area contributed by atoms with Crippen molar-refractivity contribution < 1.29 is 19.7 Å². The minimum atomic E-state index is -0.891. The fraction of sp³-hybridized carbons (Fsp3) is 0.481. The average Bonchev–Trinajstić information content (AvgIpc) is 2.79. The molecule has 1 unspecified atom stereocenters. The molecule has 1 aromatic heterocycles. The normalized spacial score (nSPS) is 12.2. The van der Waals surface area contributed by atoms with Gasteiger partial charge in [-0.1, -0.05) is 70.1 Å². The van der Waals surface area contributed by atoms with Gasteiger partial charge in [0.2, 0.25) is 0 Å². The molecule has 1 aromatic carbocycles. The van der Waals surface area contributed by atoms with E-state index in [1.807, 2.05) is 36.4 Å². The van der Waals surface area contributed by atoms with Crippen molar-refractivity contribution in [3.05, 3.63) is 63.0 Å². The number of aliphatic hydroxyl groups is 1. The summed E-state index contributed by atoms with van der Waals surface area (Å²) in [6, 6.07) is 11.5. The number of hydrogen-bond donors (Lipinski definition) is 2. The number of aliphatic hydroxyl groups excluding tert-OH is 1. The number of hydrogen-bond acceptors (Lipinski definition) is 4. The van der Waals surface area contributed by atoms with Crippen LogP contribution < -0.4 is 4.74 Å². The van der Waals surface area contributed by atoms with E-state index in [2.05, 4.69) is 34.5 Å². The Morgan fingerprint density at radius 2 is 1.82 bits per heavy atom. The Balaban J connectivity index is 1.95. The Labute approximate surface area is 211 Å². The molecule has 6 heteroatoms. The van der Waals surface area contributed by atoms with Crippen LogP contribution in [0.3, 0.4) is 0 Å². The van der Waals surface area contributed by atoms with Gasteiger partial charge in [-0.3, -0.25) is 4.79 Å². The van der Waals surface area contributed by atoms with Crippen LogP contribution in [-0.2, 0) is 11.2 Å². The van der Waals surface area contributed by atoms with Gasteiger partial charge in [0.15, 0.2) is 0 Å². The Morgan fingerprint density at radius 1 is 1.09 bits per heavy atom.